The number of carbonyl (C=O) groups excluding carboxylic acids is 1. The topological polar surface area (TPSA) is 48.4 Å². The van der Waals surface area contributed by atoms with Gasteiger partial charge in [0.1, 0.15) is 11.4 Å². The predicted octanol–water partition coefficient (Wildman–Crippen LogP) is 2.51. The Hall–Kier alpha value is -1.24. The van der Waals surface area contributed by atoms with E-state index in [0.29, 0.717) is 4.47 Å². The van der Waals surface area contributed by atoms with Crippen molar-refractivity contribution in [2.24, 2.45) is 0 Å². The normalized spacial score (nSPS) is 10.5. The minimum Gasteiger partial charge on any atom is -0.495 e. The quantitative estimate of drug-likeness (QED) is 0.802. The van der Waals surface area contributed by atoms with Gasteiger partial charge in [0, 0.05) is 11.8 Å². The van der Waals surface area contributed by atoms with Gasteiger partial charge in [-0.15, -0.1) is 0 Å². The lowest BCUT2D eigenvalue weighted by molar-refractivity contribution is -0.139. The SMILES string of the molecule is COC(=O)Cc1c(C(F)F)ncc(Br)c1OC. The highest BCUT2D eigenvalue weighted by molar-refractivity contribution is 9.10. The van der Waals surface area contributed by atoms with Crippen LogP contribution in [-0.4, -0.2) is 25.2 Å². The van der Waals surface area contributed by atoms with Gasteiger partial charge in [0.25, 0.3) is 6.43 Å². The molecule has 0 bridgehead atoms. The van der Waals surface area contributed by atoms with E-state index in [0.717, 1.165) is 0 Å². The van der Waals surface area contributed by atoms with Gasteiger partial charge in [-0.25, -0.2) is 8.78 Å². The van der Waals surface area contributed by atoms with Crippen LogP contribution in [0.25, 0.3) is 0 Å². The van der Waals surface area contributed by atoms with Gasteiger partial charge in [-0.05, 0) is 15.9 Å². The zero-order valence-electron chi connectivity index (χ0n) is 9.17. The van der Waals surface area contributed by atoms with Crippen LogP contribution < -0.4 is 4.74 Å². The van der Waals surface area contributed by atoms with Crippen LogP contribution in [0.1, 0.15) is 17.7 Å². The van der Waals surface area contributed by atoms with E-state index < -0.39 is 18.1 Å². The summed E-state index contributed by atoms with van der Waals surface area (Å²) in [6, 6.07) is 0. The standard InChI is InChI=1S/C10H10BrF2NO3/c1-16-7(15)3-5-8(10(12)13)14-4-6(11)9(5)17-2/h4,10H,3H2,1-2H3. The molecule has 0 radical (unpaired) electrons. The number of hydrogen-bond donors (Lipinski definition) is 0. The van der Waals surface area contributed by atoms with E-state index in [1.165, 1.54) is 20.4 Å². The highest BCUT2D eigenvalue weighted by Crippen LogP contribution is 2.34. The minimum absolute atomic E-state index is 0.0312. The van der Waals surface area contributed by atoms with Crippen LogP contribution >= 0.6 is 15.9 Å². The zero-order chi connectivity index (χ0) is 13.0. The van der Waals surface area contributed by atoms with Crippen molar-refractivity contribution in [3.63, 3.8) is 0 Å². The number of pyridine rings is 1. The number of rotatable bonds is 4. The molecule has 1 aromatic rings. The van der Waals surface area contributed by atoms with Crippen molar-refractivity contribution in [3.8, 4) is 5.75 Å². The summed E-state index contributed by atoms with van der Waals surface area (Å²) >= 11 is 3.12. The zero-order valence-corrected chi connectivity index (χ0v) is 10.8. The van der Waals surface area contributed by atoms with E-state index in [2.05, 4.69) is 25.7 Å². The van der Waals surface area contributed by atoms with Crippen LogP contribution in [0.15, 0.2) is 10.7 Å². The summed E-state index contributed by atoms with van der Waals surface area (Å²) in [5, 5.41) is 0. The number of esters is 1. The van der Waals surface area contributed by atoms with E-state index >= 15 is 0 Å². The van der Waals surface area contributed by atoms with Gasteiger partial charge in [0.15, 0.2) is 0 Å². The predicted molar refractivity (Wildman–Crippen MR) is 59.2 cm³/mol. The van der Waals surface area contributed by atoms with Crippen molar-refractivity contribution in [2.45, 2.75) is 12.8 Å². The molecule has 0 aromatic carbocycles. The van der Waals surface area contributed by atoms with Crippen molar-refractivity contribution < 1.29 is 23.0 Å². The monoisotopic (exact) mass is 309 g/mol. The summed E-state index contributed by atoms with van der Waals surface area (Å²) in [5.74, 6) is -0.467. The molecule has 0 aliphatic rings. The molecule has 0 aliphatic heterocycles. The van der Waals surface area contributed by atoms with Gasteiger partial charge in [-0.2, -0.15) is 0 Å². The lowest BCUT2D eigenvalue weighted by Gasteiger charge is -2.13. The van der Waals surface area contributed by atoms with Gasteiger partial charge in [0.2, 0.25) is 0 Å². The molecule has 1 aromatic heterocycles. The molecule has 1 rings (SSSR count). The van der Waals surface area contributed by atoms with Crippen LogP contribution in [0.5, 0.6) is 5.75 Å². The van der Waals surface area contributed by atoms with Crippen molar-refractivity contribution in [1.82, 2.24) is 4.98 Å². The van der Waals surface area contributed by atoms with Crippen molar-refractivity contribution >= 4 is 21.9 Å². The van der Waals surface area contributed by atoms with Crippen LogP contribution in [0.2, 0.25) is 0 Å². The second-order valence-electron chi connectivity index (χ2n) is 3.06. The van der Waals surface area contributed by atoms with Gasteiger partial charge < -0.3 is 9.47 Å². The Morgan fingerprint density at radius 3 is 2.65 bits per heavy atom. The largest absolute Gasteiger partial charge is 0.495 e. The Bertz CT molecular complexity index is 426. The number of hydrogen-bond acceptors (Lipinski definition) is 4. The van der Waals surface area contributed by atoms with E-state index in [1.807, 2.05) is 0 Å². The van der Waals surface area contributed by atoms with Gasteiger partial charge in [0.05, 0.1) is 25.1 Å². The Kier molecular flexibility index (Phi) is 4.80. The van der Waals surface area contributed by atoms with Crippen molar-refractivity contribution in [1.29, 1.82) is 0 Å². The van der Waals surface area contributed by atoms with Crippen LogP contribution in [0.3, 0.4) is 0 Å². The minimum atomic E-state index is -2.78. The highest BCUT2D eigenvalue weighted by Gasteiger charge is 2.23. The second-order valence-corrected chi connectivity index (χ2v) is 3.91. The molecule has 0 fully saturated rings. The molecule has 4 nitrogen and oxygen atoms in total. The fourth-order valence-electron chi connectivity index (χ4n) is 1.32. The summed E-state index contributed by atoms with van der Waals surface area (Å²) in [6.07, 6.45) is -1.89. The maximum absolute atomic E-state index is 12.7. The second kappa shape index (κ2) is 5.90. The first kappa shape index (κ1) is 13.8. The highest BCUT2D eigenvalue weighted by atomic mass is 79.9. The van der Waals surface area contributed by atoms with E-state index in [4.69, 9.17) is 4.74 Å². The molecule has 0 saturated carbocycles. The van der Waals surface area contributed by atoms with Crippen LogP contribution in [0, 0.1) is 0 Å². The van der Waals surface area contributed by atoms with E-state index in [-0.39, 0.29) is 17.7 Å². The van der Waals surface area contributed by atoms with Gasteiger partial charge >= 0.3 is 5.97 Å². The lowest BCUT2D eigenvalue weighted by Crippen LogP contribution is -2.10. The molecule has 0 atom stereocenters. The number of ether oxygens (including phenoxy) is 2. The average molecular weight is 310 g/mol. The van der Waals surface area contributed by atoms with Crippen molar-refractivity contribution in [3.05, 3.63) is 21.9 Å². The molecule has 0 N–H and O–H groups in total. The summed E-state index contributed by atoms with van der Waals surface area (Å²) in [6.45, 7) is 0. The molecule has 94 valence electrons. The number of carbonyl (C=O) groups is 1. The smallest absolute Gasteiger partial charge is 0.310 e. The van der Waals surface area contributed by atoms with E-state index in [1.54, 1.807) is 0 Å². The number of alkyl halides is 2. The summed E-state index contributed by atoms with van der Waals surface area (Å²) < 4.78 is 35.3. The third-order valence-corrected chi connectivity index (χ3v) is 2.64. The first-order valence-electron chi connectivity index (χ1n) is 4.57. The fourth-order valence-corrected chi connectivity index (χ4v) is 1.82. The van der Waals surface area contributed by atoms with E-state index in [9.17, 15) is 13.6 Å². The Labute approximate surface area is 105 Å². The third kappa shape index (κ3) is 3.12. The molecule has 0 spiro atoms. The summed E-state index contributed by atoms with van der Waals surface area (Å²) in [7, 11) is 2.51. The number of methoxy groups -OCH3 is 2. The number of aromatic nitrogens is 1. The molecular weight excluding hydrogens is 300 g/mol. The molecule has 1 heterocycles. The Morgan fingerprint density at radius 1 is 1.53 bits per heavy atom. The van der Waals surface area contributed by atoms with Crippen LogP contribution in [-0.2, 0) is 16.0 Å². The Balaban J connectivity index is 3.28. The number of halogens is 3. The summed E-state index contributed by atoms with van der Waals surface area (Å²) in [4.78, 5) is 14.8. The Morgan fingerprint density at radius 2 is 2.18 bits per heavy atom. The van der Waals surface area contributed by atoms with Gasteiger partial charge in [-0.1, -0.05) is 0 Å². The molecular formula is C10H10BrF2NO3. The number of nitrogens with zero attached hydrogens (tertiary/aromatic N) is 1. The van der Waals surface area contributed by atoms with Gasteiger partial charge in [-0.3, -0.25) is 9.78 Å². The first-order chi connectivity index (χ1) is 8.01. The van der Waals surface area contributed by atoms with Crippen LogP contribution in [0.4, 0.5) is 8.78 Å². The molecule has 0 saturated heterocycles. The summed E-state index contributed by atoms with van der Waals surface area (Å²) in [5.41, 5.74) is -0.445. The molecule has 0 unspecified atom stereocenters. The fraction of sp³-hybridized carbons (Fsp3) is 0.400. The molecule has 0 amide bonds. The maximum atomic E-state index is 12.7. The molecule has 7 heteroatoms. The molecule has 0 aliphatic carbocycles. The lowest BCUT2D eigenvalue weighted by atomic mass is 10.1. The third-order valence-electron chi connectivity index (χ3n) is 2.08. The first-order valence-corrected chi connectivity index (χ1v) is 5.36. The van der Waals surface area contributed by atoms with Crippen molar-refractivity contribution in [2.75, 3.05) is 14.2 Å². The maximum Gasteiger partial charge on any atom is 0.310 e. The molecule has 17 heavy (non-hydrogen) atoms. The average Bonchev–Trinajstić information content (AvgIpc) is 2.28.